The Morgan fingerprint density at radius 3 is 2.35 bits per heavy atom. The molecule has 0 aliphatic heterocycles. The Balaban J connectivity index is 1.56. The van der Waals surface area contributed by atoms with E-state index in [1.165, 1.54) is 4.68 Å². The van der Waals surface area contributed by atoms with Gasteiger partial charge in [-0.15, -0.1) is 0 Å². The number of carbonyl (C=O) groups is 3. The van der Waals surface area contributed by atoms with E-state index in [9.17, 15) is 19.2 Å². The monoisotopic (exact) mass is 459 g/mol. The molecule has 4 rings (SSSR count). The van der Waals surface area contributed by atoms with Crippen molar-refractivity contribution in [1.82, 2.24) is 25.6 Å². The number of unbranched alkanes of at least 4 members (excludes halogenated alkanes) is 2. The van der Waals surface area contributed by atoms with Crippen LogP contribution < -0.4 is 16.4 Å². The first-order chi connectivity index (χ1) is 16.4. The third-order valence-corrected chi connectivity index (χ3v) is 5.67. The molecular formula is C25H25N5O4. The first-order valence-corrected chi connectivity index (χ1v) is 11.1. The molecule has 0 spiro atoms. The topological polar surface area (TPSA) is 126 Å². The molecule has 174 valence electrons. The summed E-state index contributed by atoms with van der Waals surface area (Å²) < 4.78 is 1.27. The molecule has 0 bridgehead atoms. The molecule has 0 atom stereocenters. The van der Waals surface area contributed by atoms with Gasteiger partial charge in [0.05, 0.1) is 10.9 Å². The summed E-state index contributed by atoms with van der Waals surface area (Å²) in [6, 6.07) is 13.8. The van der Waals surface area contributed by atoms with Gasteiger partial charge in [-0.1, -0.05) is 56.2 Å². The summed E-state index contributed by atoms with van der Waals surface area (Å²) >= 11 is 0. The van der Waals surface area contributed by atoms with Crippen LogP contribution in [0.4, 0.5) is 0 Å². The number of H-pyrrole nitrogens is 1. The first-order valence-electron chi connectivity index (χ1n) is 11.1. The Kier molecular flexibility index (Phi) is 6.53. The molecule has 4 aromatic rings. The molecule has 0 radical (unpaired) electrons. The van der Waals surface area contributed by atoms with E-state index in [1.807, 2.05) is 12.1 Å². The molecule has 0 aliphatic carbocycles. The van der Waals surface area contributed by atoms with Gasteiger partial charge < -0.3 is 4.98 Å². The summed E-state index contributed by atoms with van der Waals surface area (Å²) in [6.45, 7) is 4.14. The molecular weight excluding hydrogens is 434 g/mol. The number of hydrogen-bond acceptors (Lipinski definition) is 5. The normalized spacial score (nSPS) is 11.0. The third-order valence-electron chi connectivity index (χ3n) is 5.67. The summed E-state index contributed by atoms with van der Waals surface area (Å²) in [5.74, 6) is -2.49. The number of benzene rings is 2. The van der Waals surface area contributed by atoms with Crippen molar-refractivity contribution in [2.75, 3.05) is 0 Å². The number of amides is 2. The van der Waals surface area contributed by atoms with Gasteiger partial charge in [0.2, 0.25) is 0 Å². The van der Waals surface area contributed by atoms with E-state index in [1.54, 1.807) is 43.3 Å². The second-order valence-electron chi connectivity index (χ2n) is 8.04. The number of ketones is 1. The van der Waals surface area contributed by atoms with Gasteiger partial charge in [-0.3, -0.25) is 30.0 Å². The highest BCUT2D eigenvalue weighted by Crippen LogP contribution is 2.22. The SMILES string of the molecule is CCCCCn1nc(C(=O)NNC(=O)C(=O)c2c(C)[nH]c3ccccc23)c2ccccc2c1=O. The fraction of sp³-hybridized carbons (Fsp3) is 0.240. The number of para-hydroxylation sites is 1. The van der Waals surface area contributed by atoms with Crippen molar-refractivity contribution in [2.24, 2.45) is 0 Å². The number of rotatable bonds is 7. The van der Waals surface area contributed by atoms with Gasteiger partial charge in [0.1, 0.15) is 0 Å². The fourth-order valence-electron chi connectivity index (χ4n) is 3.98. The molecule has 0 fully saturated rings. The zero-order valence-electron chi connectivity index (χ0n) is 19.0. The van der Waals surface area contributed by atoms with Crippen LogP contribution in [0.5, 0.6) is 0 Å². The number of hydrazine groups is 1. The van der Waals surface area contributed by atoms with Crippen molar-refractivity contribution in [1.29, 1.82) is 0 Å². The lowest BCUT2D eigenvalue weighted by atomic mass is 10.1. The standard InChI is InChI=1S/C25H25N5O4/c1-3-4-9-14-30-25(34)17-11-6-5-10-16(17)21(29-30)23(32)27-28-24(33)22(31)20-15(2)26-19-13-8-7-12-18(19)20/h5-8,10-13,26H,3-4,9,14H2,1-2H3,(H,27,32)(H,28,33). The molecule has 0 unspecified atom stereocenters. The molecule has 2 amide bonds. The van der Waals surface area contributed by atoms with Crippen LogP contribution >= 0.6 is 0 Å². The first kappa shape index (κ1) is 22.9. The van der Waals surface area contributed by atoms with Crippen LogP contribution in [-0.4, -0.2) is 32.4 Å². The Morgan fingerprint density at radius 1 is 0.941 bits per heavy atom. The van der Waals surface area contributed by atoms with E-state index in [2.05, 4.69) is 27.9 Å². The van der Waals surface area contributed by atoms with Crippen LogP contribution in [0.15, 0.2) is 53.3 Å². The van der Waals surface area contributed by atoms with Gasteiger partial charge in [0.25, 0.3) is 17.2 Å². The maximum Gasteiger partial charge on any atom is 0.310 e. The Morgan fingerprint density at radius 2 is 1.62 bits per heavy atom. The molecule has 34 heavy (non-hydrogen) atoms. The lowest BCUT2D eigenvalue weighted by Gasteiger charge is -2.11. The van der Waals surface area contributed by atoms with Gasteiger partial charge >= 0.3 is 5.91 Å². The number of Topliss-reactive ketones (excluding diaryl/α,β-unsaturated/α-hetero) is 1. The van der Waals surface area contributed by atoms with Crippen molar-refractivity contribution in [3.63, 3.8) is 0 Å². The molecule has 0 saturated heterocycles. The van der Waals surface area contributed by atoms with Crippen LogP contribution in [0.2, 0.25) is 0 Å². The average molecular weight is 460 g/mol. The smallest absolute Gasteiger partial charge is 0.310 e. The van der Waals surface area contributed by atoms with Crippen molar-refractivity contribution >= 4 is 39.3 Å². The quantitative estimate of drug-likeness (QED) is 0.170. The maximum atomic E-state index is 12.9. The minimum atomic E-state index is -0.984. The largest absolute Gasteiger partial charge is 0.358 e. The highest BCUT2D eigenvalue weighted by molar-refractivity contribution is 6.45. The Hall–Kier alpha value is -4.27. The summed E-state index contributed by atoms with van der Waals surface area (Å²) in [5, 5.41) is 5.60. The maximum absolute atomic E-state index is 12.9. The van der Waals surface area contributed by atoms with Gasteiger partial charge in [-0.05, 0) is 25.5 Å². The number of nitrogens with one attached hydrogen (secondary N) is 3. The Bertz CT molecular complexity index is 1470. The number of hydrogen-bond donors (Lipinski definition) is 3. The van der Waals surface area contributed by atoms with Crippen LogP contribution in [0.3, 0.4) is 0 Å². The average Bonchev–Trinajstić information content (AvgIpc) is 3.19. The molecule has 2 aromatic carbocycles. The van der Waals surface area contributed by atoms with Crippen LogP contribution in [0.25, 0.3) is 21.7 Å². The lowest BCUT2D eigenvalue weighted by molar-refractivity contribution is -0.117. The summed E-state index contributed by atoms with van der Waals surface area (Å²) in [4.78, 5) is 54.1. The number of fused-ring (bicyclic) bond motifs is 2. The number of carbonyl (C=O) groups excluding carboxylic acids is 3. The van der Waals surface area contributed by atoms with Gasteiger partial charge in [0, 0.05) is 28.5 Å². The summed E-state index contributed by atoms with van der Waals surface area (Å²) in [7, 11) is 0. The van der Waals surface area contributed by atoms with E-state index in [-0.39, 0.29) is 16.8 Å². The summed E-state index contributed by atoms with van der Waals surface area (Å²) in [5.41, 5.74) is 5.70. The summed E-state index contributed by atoms with van der Waals surface area (Å²) in [6.07, 6.45) is 2.65. The molecule has 9 heteroatoms. The minimum Gasteiger partial charge on any atom is -0.358 e. The van der Waals surface area contributed by atoms with Gasteiger partial charge in [-0.2, -0.15) is 5.10 Å². The van der Waals surface area contributed by atoms with Crippen molar-refractivity contribution in [3.05, 3.63) is 75.8 Å². The van der Waals surface area contributed by atoms with Crippen molar-refractivity contribution in [2.45, 2.75) is 39.7 Å². The zero-order valence-corrected chi connectivity index (χ0v) is 19.0. The van der Waals surface area contributed by atoms with E-state index >= 15 is 0 Å². The van der Waals surface area contributed by atoms with Crippen LogP contribution in [0, 0.1) is 6.92 Å². The third kappa shape index (κ3) is 4.32. The highest BCUT2D eigenvalue weighted by atomic mass is 16.2. The van der Waals surface area contributed by atoms with E-state index in [4.69, 9.17) is 0 Å². The van der Waals surface area contributed by atoms with Crippen molar-refractivity contribution in [3.8, 4) is 0 Å². The molecule has 2 aromatic heterocycles. The number of nitrogens with zero attached hydrogens (tertiary/aromatic N) is 2. The van der Waals surface area contributed by atoms with Crippen LogP contribution in [0.1, 0.15) is 52.7 Å². The van der Waals surface area contributed by atoms with E-state index < -0.39 is 17.6 Å². The second-order valence-corrected chi connectivity index (χ2v) is 8.04. The second kappa shape index (κ2) is 9.70. The predicted molar refractivity (Wildman–Crippen MR) is 129 cm³/mol. The highest BCUT2D eigenvalue weighted by Gasteiger charge is 2.24. The van der Waals surface area contributed by atoms with Gasteiger partial charge in [0.15, 0.2) is 5.69 Å². The zero-order chi connectivity index (χ0) is 24.2. The number of aromatic nitrogens is 3. The van der Waals surface area contributed by atoms with E-state index in [0.717, 1.165) is 24.8 Å². The molecule has 0 saturated carbocycles. The predicted octanol–water partition coefficient (Wildman–Crippen LogP) is 3.02. The molecule has 2 heterocycles. The lowest BCUT2D eigenvalue weighted by Crippen LogP contribution is -2.45. The number of aryl methyl sites for hydroxylation is 2. The molecule has 0 aliphatic rings. The minimum absolute atomic E-state index is 0.0114. The Labute approximate surface area is 195 Å². The van der Waals surface area contributed by atoms with E-state index in [0.29, 0.717) is 28.4 Å². The fourth-order valence-corrected chi connectivity index (χ4v) is 3.98. The van der Waals surface area contributed by atoms with Crippen LogP contribution in [-0.2, 0) is 11.3 Å². The molecule has 3 N–H and O–H groups in total. The molecule has 9 nitrogen and oxygen atoms in total. The van der Waals surface area contributed by atoms with Gasteiger partial charge in [-0.25, -0.2) is 4.68 Å². The number of aromatic amines is 1. The van der Waals surface area contributed by atoms with Crippen molar-refractivity contribution < 1.29 is 14.4 Å².